The first-order valence-corrected chi connectivity index (χ1v) is 6.94. The maximum absolute atomic E-state index is 12.1. The molecule has 0 aliphatic carbocycles. The number of benzene rings is 2. The van der Waals surface area contributed by atoms with E-state index < -0.39 is 0 Å². The Morgan fingerprint density at radius 2 is 2.05 bits per heavy atom. The smallest absolute Gasteiger partial charge is 0.312 e. The molecule has 1 aliphatic heterocycles. The average Bonchev–Trinajstić information content (AvgIpc) is 2.96. The van der Waals surface area contributed by atoms with Gasteiger partial charge >= 0.3 is 5.97 Å². The molecule has 0 radical (unpaired) electrons. The minimum Gasteiger partial charge on any atom is -0.466 e. The summed E-state index contributed by atoms with van der Waals surface area (Å²) in [4.78, 5) is 12.1. The minimum atomic E-state index is -0.194. The summed E-state index contributed by atoms with van der Waals surface area (Å²) in [6, 6.07) is 14.3. The van der Waals surface area contributed by atoms with Gasteiger partial charge in [0.1, 0.15) is 0 Å². The summed E-state index contributed by atoms with van der Waals surface area (Å²) in [5, 5.41) is 2.35. The topological polar surface area (TPSA) is 50.4 Å². The lowest BCUT2D eigenvalue weighted by atomic mass is 9.91. The van der Waals surface area contributed by atoms with Crippen LogP contribution >= 0.6 is 0 Å². The highest BCUT2D eigenvalue weighted by atomic mass is 16.5. The predicted octanol–water partition coefficient (Wildman–Crippen LogP) is 2.17. The fraction of sp³-hybridized carbons (Fsp3) is 0.312. The third-order valence-corrected chi connectivity index (χ3v) is 3.73. The van der Waals surface area contributed by atoms with E-state index in [-0.39, 0.29) is 17.9 Å². The lowest BCUT2D eigenvalue weighted by Gasteiger charge is -2.19. The van der Waals surface area contributed by atoms with Gasteiger partial charge < -0.3 is 4.74 Å². The highest BCUT2D eigenvalue weighted by Crippen LogP contribution is 2.31. The summed E-state index contributed by atoms with van der Waals surface area (Å²) in [5.41, 5.74) is 7.41. The second-order valence-corrected chi connectivity index (χ2v) is 4.93. The molecular weight excluding hydrogens is 252 g/mol. The number of carbonyl (C=O) groups excluding carboxylic acids is 1. The van der Waals surface area contributed by atoms with Gasteiger partial charge in [-0.25, -0.2) is 5.43 Å². The Hall–Kier alpha value is -1.91. The van der Waals surface area contributed by atoms with E-state index in [0.717, 1.165) is 5.56 Å². The van der Waals surface area contributed by atoms with Crippen molar-refractivity contribution in [2.45, 2.75) is 13.0 Å². The van der Waals surface area contributed by atoms with E-state index in [0.29, 0.717) is 13.2 Å². The zero-order chi connectivity index (χ0) is 13.9. The van der Waals surface area contributed by atoms with Crippen LogP contribution in [0.15, 0.2) is 42.5 Å². The molecule has 2 N–H and O–H groups in total. The number of fused-ring (bicyclic) bond motifs is 1. The Kier molecular flexibility index (Phi) is 3.67. The number of hydrogen-bond acceptors (Lipinski definition) is 4. The Labute approximate surface area is 118 Å². The highest BCUT2D eigenvalue weighted by molar-refractivity contribution is 5.87. The van der Waals surface area contributed by atoms with Crippen LogP contribution in [0.2, 0.25) is 0 Å². The molecule has 2 atom stereocenters. The van der Waals surface area contributed by atoms with E-state index in [1.54, 1.807) is 0 Å². The number of hydrazine groups is 1. The molecule has 2 unspecified atom stereocenters. The first-order valence-electron chi connectivity index (χ1n) is 6.94. The van der Waals surface area contributed by atoms with Crippen LogP contribution in [0, 0.1) is 5.92 Å². The van der Waals surface area contributed by atoms with E-state index in [4.69, 9.17) is 4.74 Å². The van der Waals surface area contributed by atoms with Crippen molar-refractivity contribution in [1.29, 1.82) is 0 Å². The SMILES string of the molecule is CCOC(=O)C1CNNC1c1cccc2ccccc12. The van der Waals surface area contributed by atoms with Crippen LogP contribution in [-0.2, 0) is 9.53 Å². The molecule has 3 rings (SSSR count). The van der Waals surface area contributed by atoms with Gasteiger partial charge in [0.25, 0.3) is 0 Å². The van der Waals surface area contributed by atoms with Crippen molar-refractivity contribution in [2.24, 2.45) is 5.92 Å². The maximum atomic E-state index is 12.1. The van der Waals surface area contributed by atoms with E-state index in [2.05, 4.69) is 35.1 Å². The molecule has 2 aromatic carbocycles. The standard InChI is InChI=1S/C16H18N2O2/c1-2-20-16(19)14-10-17-18-15(14)13-9-5-7-11-6-3-4-8-12(11)13/h3-9,14-15,17-18H,2,10H2,1H3. The third kappa shape index (κ3) is 2.28. The van der Waals surface area contributed by atoms with E-state index >= 15 is 0 Å². The summed E-state index contributed by atoms with van der Waals surface area (Å²) in [6.07, 6.45) is 0. The summed E-state index contributed by atoms with van der Waals surface area (Å²) in [6.45, 7) is 2.84. The molecule has 1 heterocycles. The number of hydrogen-bond donors (Lipinski definition) is 2. The van der Waals surface area contributed by atoms with Crippen molar-refractivity contribution in [2.75, 3.05) is 13.2 Å². The molecular formula is C16H18N2O2. The van der Waals surface area contributed by atoms with Crippen LogP contribution in [0.1, 0.15) is 18.5 Å². The van der Waals surface area contributed by atoms with Gasteiger partial charge in [-0.05, 0) is 23.3 Å². The van der Waals surface area contributed by atoms with Crippen molar-refractivity contribution < 1.29 is 9.53 Å². The van der Waals surface area contributed by atoms with Gasteiger partial charge in [-0.1, -0.05) is 42.5 Å². The van der Waals surface area contributed by atoms with Crippen LogP contribution in [0.25, 0.3) is 10.8 Å². The molecule has 0 amide bonds. The Morgan fingerprint density at radius 1 is 1.25 bits per heavy atom. The van der Waals surface area contributed by atoms with Crippen molar-refractivity contribution in [1.82, 2.24) is 10.9 Å². The van der Waals surface area contributed by atoms with E-state index in [1.165, 1.54) is 10.8 Å². The van der Waals surface area contributed by atoms with Crippen LogP contribution in [0.5, 0.6) is 0 Å². The normalized spacial score (nSPS) is 22.1. The van der Waals surface area contributed by atoms with Crippen LogP contribution in [0.3, 0.4) is 0 Å². The van der Waals surface area contributed by atoms with Gasteiger partial charge in [0, 0.05) is 6.54 Å². The monoisotopic (exact) mass is 270 g/mol. The van der Waals surface area contributed by atoms with Crippen molar-refractivity contribution in [3.63, 3.8) is 0 Å². The first-order chi connectivity index (χ1) is 9.81. The minimum absolute atomic E-state index is 0.0554. The second kappa shape index (κ2) is 5.61. The first kappa shape index (κ1) is 13.1. The molecule has 104 valence electrons. The summed E-state index contributed by atoms with van der Waals surface area (Å²) in [7, 11) is 0. The maximum Gasteiger partial charge on any atom is 0.312 e. The van der Waals surface area contributed by atoms with Gasteiger partial charge in [0.15, 0.2) is 0 Å². The lowest BCUT2D eigenvalue weighted by Crippen LogP contribution is -2.27. The molecule has 0 spiro atoms. The number of nitrogens with one attached hydrogen (secondary N) is 2. The molecule has 1 saturated heterocycles. The summed E-state index contributed by atoms with van der Waals surface area (Å²) < 4.78 is 5.17. The predicted molar refractivity (Wildman–Crippen MR) is 78.0 cm³/mol. The quantitative estimate of drug-likeness (QED) is 0.839. The molecule has 0 bridgehead atoms. The van der Waals surface area contributed by atoms with E-state index in [1.807, 2.05) is 25.1 Å². The number of esters is 1. The molecule has 0 aromatic heterocycles. The molecule has 1 aliphatic rings. The molecule has 2 aromatic rings. The summed E-state index contributed by atoms with van der Waals surface area (Å²) in [5.74, 6) is -0.344. The van der Waals surface area contributed by atoms with Gasteiger partial charge in [-0.15, -0.1) is 0 Å². The highest BCUT2D eigenvalue weighted by Gasteiger charge is 2.35. The summed E-state index contributed by atoms with van der Waals surface area (Å²) >= 11 is 0. The van der Waals surface area contributed by atoms with Crippen molar-refractivity contribution in [3.8, 4) is 0 Å². The largest absolute Gasteiger partial charge is 0.466 e. The number of rotatable bonds is 3. The Balaban J connectivity index is 1.99. The van der Waals surface area contributed by atoms with Crippen LogP contribution in [0.4, 0.5) is 0 Å². The third-order valence-electron chi connectivity index (χ3n) is 3.73. The van der Waals surface area contributed by atoms with Crippen molar-refractivity contribution >= 4 is 16.7 Å². The number of carbonyl (C=O) groups is 1. The van der Waals surface area contributed by atoms with Crippen LogP contribution in [-0.4, -0.2) is 19.1 Å². The Morgan fingerprint density at radius 3 is 2.90 bits per heavy atom. The second-order valence-electron chi connectivity index (χ2n) is 4.93. The average molecular weight is 270 g/mol. The van der Waals surface area contributed by atoms with Gasteiger partial charge in [-0.2, -0.15) is 0 Å². The molecule has 20 heavy (non-hydrogen) atoms. The van der Waals surface area contributed by atoms with Crippen molar-refractivity contribution in [3.05, 3.63) is 48.0 Å². The van der Waals surface area contributed by atoms with Crippen LogP contribution < -0.4 is 10.9 Å². The fourth-order valence-corrected chi connectivity index (χ4v) is 2.78. The van der Waals surface area contributed by atoms with Gasteiger partial charge in [-0.3, -0.25) is 10.2 Å². The Bertz CT molecular complexity index is 621. The zero-order valence-electron chi connectivity index (χ0n) is 11.4. The zero-order valence-corrected chi connectivity index (χ0v) is 11.4. The fourth-order valence-electron chi connectivity index (χ4n) is 2.78. The van der Waals surface area contributed by atoms with Gasteiger partial charge in [0.2, 0.25) is 0 Å². The van der Waals surface area contributed by atoms with Gasteiger partial charge in [0.05, 0.1) is 18.6 Å². The molecule has 4 nitrogen and oxygen atoms in total. The lowest BCUT2D eigenvalue weighted by molar-refractivity contribution is -0.147. The molecule has 4 heteroatoms. The molecule has 1 fully saturated rings. The number of ether oxygens (including phenoxy) is 1. The molecule has 0 saturated carbocycles. The van der Waals surface area contributed by atoms with E-state index in [9.17, 15) is 4.79 Å².